The fourth-order valence-electron chi connectivity index (χ4n) is 2.04. The number of ether oxygens (including phenoxy) is 2. The van der Waals surface area contributed by atoms with E-state index in [1.54, 1.807) is 14.2 Å². The van der Waals surface area contributed by atoms with Gasteiger partial charge in [-0.3, -0.25) is 0 Å². The summed E-state index contributed by atoms with van der Waals surface area (Å²) in [6.45, 7) is 0. The Bertz CT molecular complexity index is 513. The van der Waals surface area contributed by atoms with Crippen molar-refractivity contribution in [1.82, 2.24) is 0 Å². The van der Waals surface area contributed by atoms with Crippen LogP contribution in [0, 0.1) is 0 Å². The highest BCUT2D eigenvalue weighted by Crippen LogP contribution is 2.26. The van der Waals surface area contributed by atoms with Crippen LogP contribution in [0.5, 0.6) is 0 Å². The van der Waals surface area contributed by atoms with Gasteiger partial charge in [-0.2, -0.15) is 0 Å². The Labute approximate surface area is 112 Å². The summed E-state index contributed by atoms with van der Waals surface area (Å²) in [5.74, 6) is -0.721. The summed E-state index contributed by atoms with van der Waals surface area (Å²) in [6.07, 6.45) is 6.18. The Balaban J connectivity index is 2.25. The normalized spacial score (nSPS) is 18.2. The zero-order valence-corrected chi connectivity index (χ0v) is 11.0. The van der Waals surface area contributed by atoms with E-state index < -0.39 is 5.79 Å². The maximum atomic E-state index is 9.23. The smallest absolute Gasteiger partial charge is 0.190 e. The van der Waals surface area contributed by atoms with Gasteiger partial charge in [0.2, 0.25) is 0 Å². The van der Waals surface area contributed by atoms with Crippen LogP contribution in [0.2, 0.25) is 0 Å². The highest BCUT2D eigenvalue weighted by atomic mass is 16.7. The molecule has 0 aromatic heterocycles. The van der Waals surface area contributed by atoms with Gasteiger partial charge in [-0.15, -0.1) is 0 Å². The molecule has 0 saturated heterocycles. The van der Waals surface area contributed by atoms with E-state index in [0.717, 1.165) is 11.1 Å². The number of hydrogen-bond acceptors (Lipinski definition) is 4. The molecule has 1 N–H and O–H groups in total. The van der Waals surface area contributed by atoms with Gasteiger partial charge >= 0.3 is 0 Å². The van der Waals surface area contributed by atoms with Crippen LogP contribution >= 0.6 is 0 Å². The fraction of sp³-hybridized carbons (Fsp3) is 0.267. The van der Waals surface area contributed by atoms with Crippen LogP contribution in [0.4, 0.5) is 0 Å². The lowest BCUT2D eigenvalue weighted by Gasteiger charge is -2.29. The van der Waals surface area contributed by atoms with E-state index in [4.69, 9.17) is 9.47 Å². The second-order valence-electron chi connectivity index (χ2n) is 4.23. The van der Waals surface area contributed by atoms with Crippen molar-refractivity contribution < 1.29 is 14.7 Å². The second-order valence-corrected chi connectivity index (χ2v) is 4.23. The lowest BCUT2D eigenvalue weighted by atomic mass is 9.95. The highest BCUT2D eigenvalue weighted by Gasteiger charge is 2.28. The summed E-state index contributed by atoms with van der Waals surface area (Å²) in [4.78, 5) is 0. The summed E-state index contributed by atoms with van der Waals surface area (Å²) in [7, 11) is 3.20. The predicted octanol–water partition coefficient (Wildman–Crippen LogP) is 2.74. The average Bonchev–Trinajstić information content (AvgIpc) is 2.50. The van der Waals surface area contributed by atoms with E-state index in [-0.39, 0.29) is 0 Å². The van der Waals surface area contributed by atoms with Crippen LogP contribution in [0.3, 0.4) is 0 Å². The Hall–Kier alpha value is -1.91. The van der Waals surface area contributed by atoms with Crippen molar-refractivity contribution in [3.05, 3.63) is 59.7 Å². The van der Waals surface area contributed by atoms with Crippen LogP contribution in [0.25, 0.3) is 0 Å². The van der Waals surface area contributed by atoms with Gasteiger partial charge in [0.1, 0.15) is 5.71 Å². The van der Waals surface area contributed by atoms with E-state index in [2.05, 4.69) is 5.16 Å². The first-order chi connectivity index (χ1) is 9.24. The fourth-order valence-corrected chi connectivity index (χ4v) is 2.04. The van der Waals surface area contributed by atoms with Crippen LogP contribution < -0.4 is 0 Å². The van der Waals surface area contributed by atoms with E-state index in [0.29, 0.717) is 12.1 Å². The number of methoxy groups -OCH3 is 2. The first kappa shape index (κ1) is 13.5. The monoisotopic (exact) mass is 259 g/mol. The number of benzene rings is 1. The molecule has 0 saturated carbocycles. The minimum Gasteiger partial charge on any atom is -0.410 e. The molecule has 4 nitrogen and oxygen atoms in total. The average molecular weight is 259 g/mol. The van der Waals surface area contributed by atoms with E-state index in [1.165, 1.54) is 0 Å². The standard InChI is InChI=1S/C15H17NO3/c1-18-15(19-2)10-8-13(9-11-15)14(16-17)12-6-4-3-5-7-12/h3-10,17H,11H2,1-2H3. The van der Waals surface area contributed by atoms with Crippen LogP contribution in [0.15, 0.2) is 59.3 Å². The lowest BCUT2D eigenvalue weighted by Crippen LogP contribution is -2.32. The molecule has 1 aliphatic carbocycles. The maximum Gasteiger partial charge on any atom is 0.190 e. The molecule has 0 amide bonds. The van der Waals surface area contributed by atoms with E-state index in [9.17, 15) is 5.21 Å². The number of hydrogen-bond donors (Lipinski definition) is 1. The maximum absolute atomic E-state index is 9.23. The summed E-state index contributed by atoms with van der Waals surface area (Å²) in [6, 6.07) is 9.53. The quantitative estimate of drug-likeness (QED) is 0.391. The second kappa shape index (κ2) is 5.82. The number of allylic oxidation sites excluding steroid dienone is 2. The SMILES string of the molecule is COC1(OC)C=CC(C(=NO)c2ccccc2)=CC1. The van der Waals surface area contributed by atoms with Crippen molar-refractivity contribution in [3.63, 3.8) is 0 Å². The predicted molar refractivity (Wildman–Crippen MR) is 73.4 cm³/mol. The number of oxime groups is 1. The molecule has 0 unspecified atom stereocenters. The summed E-state index contributed by atoms with van der Waals surface area (Å²) in [5.41, 5.74) is 2.25. The highest BCUT2D eigenvalue weighted by molar-refractivity contribution is 6.14. The van der Waals surface area contributed by atoms with Crippen LogP contribution in [0.1, 0.15) is 12.0 Å². The first-order valence-electron chi connectivity index (χ1n) is 6.02. The van der Waals surface area contributed by atoms with Crippen molar-refractivity contribution in [1.29, 1.82) is 0 Å². The largest absolute Gasteiger partial charge is 0.410 e. The van der Waals surface area contributed by atoms with Crippen molar-refractivity contribution in [3.8, 4) is 0 Å². The molecule has 100 valence electrons. The molecule has 0 spiro atoms. The van der Waals surface area contributed by atoms with Gasteiger partial charge < -0.3 is 14.7 Å². The van der Waals surface area contributed by atoms with E-state index >= 15 is 0 Å². The van der Waals surface area contributed by atoms with Gasteiger partial charge in [-0.25, -0.2) is 0 Å². The third-order valence-corrected chi connectivity index (χ3v) is 3.24. The Morgan fingerprint density at radius 2 is 1.89 bits per heavy atom. The topological polar surface area (TPSA) is 51.0 Å². The molecule has 0 heterocycles. The molecule has 0 bridgehead atoms. The third-order valence-electron chi connectivity index (χ3n) is 3.24. The molecule has 19 heavy (non-hydrogen) atoms. The minimum absolute atomic E-state index is 0.539. The lowest BCUT2D eigenvalue weighted by molar-refractivity contribution is -0.167. The summed E-state index contributed by atoms with van der Waals surface area (Å²) < 4.78 is 10.7. The van der Waals surface area contributed by atoms with Crippen LogP contribution in [-0.4, -0.2) is 30.9 Å². The Kier molecular flexibility index (Phi) is 4.14. The molecular weight excluding hydrogens is 242 g/mol. The van der Waals surface area contributed by atoms with Crippen molar-refractivity contribution in [2.75, 3.05) is 14.2 Å². The number of nitrogens with zero attached hydrogens (tertiary/aromatic N) is 1. The Morgan fingerprint density at radius 3 is 2.37 bits per heavy atom. The van der Waals surface area contributed by atoms with Gasteiger partial charge in [-0.05, 0) is 6.08 Å². The molecule has 1 aromatic rings. The van der Waals surface area contributed by atoms with E-state index in [1.807, 2.05) is 48.6 Å². The molecule has 2 rings (SSSR count). The third kappa shape index (κ3) is 2.75. The molecule has 0 aliphatic heterocycles. The molecule has 0 fully saturated rings. The zero-order chi connectivity index (χ0) is 13.7. The molecule has 1 aromatic carbocycles. The van der Waals surface area contributed by atoms with Crippen molar-refractivity contribution in [2.24, 2.45) is 5.16 Å². The van der Waals surface area contributed by atoms with Gasteiger partial charge in [0.15, 0.2) is 5.79 Å². The molecule has 0 atom stereocenters. The number of rotatable bonds is 4. The Morgan fingerprint density at radius 1 is 1.21 bits per heavy atom. The van der Waals surface area contributed by atoms with Crippen LogP contribution in [-0.2, 0) is 9.47 Å². The minimum atomic E-state index is -0.721. The molecule has 1 aliphatic rings. The van der Waals surface area contributed by atoms with Crippen molar-refractivity contribution >= 4 is 5.71 Å². The first-order valence-corrected chi connectivity index (χ1v) is 6.02. The van der Waals surface area contributed by atoms with Crippen molar-refractivity contribution in [2.45, 2.75) is 12.2 Å². The molecule has 0 radical (unpaired) electrons. The van der Waals surface area contributed by atoms with Gasteiger partial charge in [0, 0.05) is 31.8 Å². The molecular formula is C15H17NO3. The zero-order valence-electron chi connectivity index (χ0n) is 11.0. The summed E-state index contributed by atoms with van der Waals surface area (Å²) >= 11 is 0. The molecule has 4 heteroatoms. The van der Waals surface area contributed by atoms with Gasteiger partial charge in [-0.1, -0.05) is 47.6 Å². The summed E-state index contributed by atoms with van der Waals surface area (Å²) in [5, 5.41) is 12.6. The van der Waals surface area contributed by atoms with Gasteiger partial charge in [0.25, 0.3) is 0 Å². The van der Waals surface area contributed by atoms with Gasteiger partial charge in [0.05, 0.1) is 0 Å².